The highest BCUT2D eigenvalue weighted by Gasteiger charge is 2.46. The summed E-state index contributed by atoms with van der Waals surface area (Å²) in [5.41, 5.74) is 0.679. The summed E-state index contributed by atoms with van der Waals surface area (Å²) in [6.45, 7) is -0.297. The molecule has 28 heavy (non-hydrogen) atoms. The van der Waals surface area contributed by atoms with Crippen molar-refractivity contribution in [1.29, 1.82) is 0 Å². The summed E-state index contributed by atoms with van der Waals surface area (Å²) < 4.78 is 15.2. The van der Waals surface area contributed by atoms with Gasteiger partial charge in [-0.05, 0) is 24.3 Å². The van der Waals surface area contributed by atoms with Crippen LogP contribution in [0.25, 0.3) is 0 Å². The summed E-state index contributed by atoms with van der Waals surface area (Å²) in [5.74, 6) is -1.21. The van der Waals surface area contributed by atoms with Crippen LogP contribution in [0.4, 0.5) is 0 Å². The topological polar surface area (TPSA) is 102 Å². The summed E-state index contributed by atoms with van der Waals surface area (Å²) >= 11 is 1.85. The Kier molecular flexibility index (Phi) is 7.00. The zero-order valence-electron chi connectivity index (χ0n) is 14.7. The Morgan fingerprint density at radius 2 is 1.46 bits per heavy atom. The molecule has 5 atom stereocenters. The fourth-order valence-corrected chi connectivity index (χ4v) is 3.49. The molecule has 8 heteroatoms. The third kappa shape index (κ3) is 4.88. The number of ether oxygens (including phenoxy) is 3. The van der Waals surface area contributed by atoms with Crippen LogP contribution in [-0.4, -0.2) is 57.3 Å². The van der Waals surface area contributed by atoms with Crippen molar-refractivity contribution in [3.05, 3.63) is 71.8 Å². The molecule has 0 radical (unpaired) electrons. The fourth-order valence-electron chi connectivity index (χ4n) is 2.75. The first kappa shape index (κ1) is 20.7. The smallest absolute Gasteiger partial charge is 0.338 e. The molecular formula is C20H19IO7. The molecule has 1 aliphatic rings. The minimum absolute atomic E-state index is 0.297. The summed E-state index contributed by atoms with van der Waals surface area (Å²) in [6.07, 6.45) is -4.64. The van der Waals surface area contributed by atoms with Gasteiger partial charge in [0.1, 0.15) is 28.8 Å². The average Bonchev–Trinajstić information content (AvgIpc) is 2.73. The molecule has 2 aromatic rings. The average molecular weight is 498 g/mol. The van der Waals surface area contributed by atoms with Crippen LogP contribution in [0.3, 0.4) is 0 Å². The quantitative estimate of drug-likeness (QED) is 0.369. The van der Waals surface area contributed by atoms with Crippen LogP contribution >= 0.6 is 22.6 Å². The van der Waals surface area contributed by atoms with Crippen LogP contribution in [0.2, 0.25) is 0 Å². The van der Waals surface area contributed by atoms with E-state index in [4.69, 9.17) is 14.2 Å². The number of esters is 2. The summed E-state index contributed by atoms with van der Waals surface area (Å²) in [4.78, 5) is 24.4. The number of benzene rings is 2. The first-order valence-corrected chi connectivity index (χ1v) is 9.86. The van der Waals surface area contributed by atoms with E-state index >= 15 is 0 Å². The molecule has 0 amide bonds. The van der Waals surface area contributed by atoms with E-state index in [0.29, 0.717) is 11.1 Å². The highest BCUT2D eigenvalue weighted by atomic mass is 127. The number of hydrogen-bond donors (Lipinski definition) is 2. The van der Waals surface area contributed by atoms with E-state index in [0.717, 1.165) is 0 Å². The van der Waals surface area contributed by atoms with Crippen molar-refractivity contribution in [2.75, 3.05) is 6.61 Å². The van der Waals surface area contributed by atoms with Crippen LogP contribution < -0.4 is 0 Å². The molecule has 1 heterocycles. The standard InChI is InChI=1S/C20H19IO7/c21-15-17(28-19(24)13-9-5-2-6-10-13)16(22)14(27-20(15)25)11-26-18(23)12-7-3-1-4-8-12/h1-10,14-17,20,22,25H,11H2/t14-,15?,16+,17-,20-/m1/s1. The molecule has 148 valence electrons. The molecule has 1 aliphatic heterocycles. The second-order valence-electron chi connectivity index (χ2n) is 6.20. The van der Waals surface area contributed by atoms with E-state index in [1.165, 1.54) is 0 Å². The monoisotopic (exact) mass is 498 g/mol. The molecule has 1 unspecified atom stereocenters. The number of halogens is 1. The van der Waals surface area contributed by atoms with Crippen molar-refractivity contribution >= 4 is 34.5 Å². The Labute approximate surface area is 175 Å². The van der Waals surface area contributed by atoms with E-state index in [-0.39, 0.29) is 6.61 Å². The number of carbonyl (C=O) groups excluding carboxylic acids is 2. The summed E-state index contributed by atoms with van der Waals surface area (Å²) in [6, 6.07) is 16.7. The number of aliphatic hydroxyl groups excluding tert-OH is 2. The van der Waals surface area contributed by atoms with Crippen molar-refractivity contribution in [3.8, 4) is 0 Å². The van der Waals surface area contributed by atoms with Crippen LogP contribution in [0.15, 0.2) is 60.7 Å². The first-order valence-electron chi connectivity index (χ1n) is 8.61. The molecule has 2 aromatic carbocycles. The maximum Gasteiger partial charge on any atom is 0.338 e. The van der Waals surface area contributed by atoms with Crippen LogP contribution in [0, 0.1) is 0 Å². The van der Waals surface area contributed by atoms with Gasteiger partial charge >= 0.3 is 11.9 Å². The number of aliphatic hydroxyl groups is 2. The number of rotatable bonds is 5. The van der Waals surface area contributed by atoms with E-state index in [2.05, 4.69) is 0 Å². The maximum absolute atomic E-state index is 12.3. The minimum Gasteiger partial charge on any atom is -0.459 e. The second kappa shape index (κ2) is 9.46. The van der Waals surface area contributed by atoms with E-state index in [9.17, 15) is 19.8 Å². The van der Waals surface area contributed by atoms with Gasteiger partial charge in [0, 0.05) is 0 Å². The van der Waals surface area contributed by atoms with Crippen molar-refractivity contribution in [2.24, 2.45) is 0 Å². The van der Waals surface area contributed by atoms with Crippen LogP contribution in [-0.2, 0) is 14.2 Å². The fraction of sp³-hybridized carbons (Fsp3) is 0.300. The Hall–Kier alpha value is -2.01. The van der Waals surface area contributed by atoms with Crippen molar-refractivity contribution in [1.82, 2.24) is 0 Å². The van der Waals surface area contributed by atoms with Gasteiger partial charge < -0.3 is 24.4 Å². The SMILES string of the molecule is O=C(OC[C@H]1O[C@@H](O)C(I)[C@@H](OC(=O)c2ccccc2)[C@H]1O)c1ccccc1. The predicted molar refractivity (Wildman–Crippen MR) is 107 cm³/mol. The number of hydrogen-bond acceptors (Lipinski definition) is 7. The van der Waals surface area contributed by atoms with Gasteiger partial charge in [-0.25, -0.2) is 9.59 Å². The van der Waals surface area contributed by atoms with Gasteiger partial charge in [-0.1, -0.05) is 59.0 Å². The van der Waals surface area contributed by atoms with Gasteiger partial charge in [-0.3, -0.25) is 0 Å². The maximum atomic E-state index is 12.3. The van der Waals surface area contributed by atoms with Gasteiger partial charge in [0.25, 0.3) is 0 Å². The normalized spacial score (nSPS) is 27.0. The van der Waals surface area contributed by atoms with Crippen LogP contribution in [0.1, 0.15) is 20.7 Å². The highest BCUT2D eigenvalue weighted by Crippen LogP contribution is 2.29. The third-order valence-electron chi connectivity index (χ3n) is 4.26. The number of alkyl halides is 1. The first-order chi connectivity index (χ1) is 13.5. The van der Waals surface area contributed by atoms with Gasteiger partial charge in [0.2, 0.25) is 0 Å². The minimum atomic E-state index is -1.29. The molecule has 0 bridgehead atoms. The zero-order valence-corrected chi connectivity index (χ0v) is 16.8. The van der Waals surface area contributed by atoms with Gasteiger partial charge in [0.15, 0.2) is 6.29 Å². The van der Waals surface area contributed by atoms with Crippen LogP contribution in [0.5, 0.6) is 0 Å². The Balaban J connectivity index is 1.65. The largest absolute Gasteiger partial charge is 0.459 e. The lowest BCUT2D eigenvalue weighted by Crippen LogP contribution is -2.58. The predicted octanol–water partition coefficient (Wildman–Crippen LogP) is 1.95. The lowest BCUT2D eigenvalue weighted by atomic mass is 10.0. The lowest BCUT2D eigenvalue weighted by Gasteiger charge is -2.39. The summed E-state index contributed by atoms with van der Waals surface area (Å²) in [7, 11) is 0. The van der Waals surface area contributed by atoms with E-state index in [1.807, 2.05) is 22.6 Å². The number of carbonyl (C=O) groups is 2. The molecular weight excluding hydrogens is 479 g/mol. The zero-order chi connectivity index (χ0) is 20.1. The van der Waals surface area contributed by atoms with Gasteiger partial charge in [-0.15, -0.1) is 0 Å². The van der Waals surface area contributed by atoms with Crippen molar-refractivity contribution in [2.45, 2.75) is 28.5 Å². The molecule has 7 nitrogen and oxygen atoms in total. The van der Waals surface area contributed by atoms with Crippen molar-refractivity contribution < 1.29 is 34.0 Å². The summed E-state index contributed by atoms with van der Waals surface area (Å²) in [5, 5.41) is 20.7. The molecule has 3 rings (SSSR count). The molecule has 0 aromatic heterocycles. The van der Waals surface area contributed by atoms with Gasteiger partial charge in [-0.2, -0.15) is 0 Å². The molecule has 0 spiro atoms. The van der Waals surface area contributed by atoms with Crippen molar-refractivity contribution in [3.63, 3.8) is 0 Å². The van der Waals surface area contributed by atoms with Gasteiger partial charge in [0.05, 0.1) is 11.1 Å². The molecule has 1 saturated heterocycles. The highest BCUT2D eigenvalue weighted by molar-refractivity contribution is 14.1. The Morgan fingerprint density at radius 3 is 2.04 bits per heavy atom. The molecule has 0 aliphatic carbocycles. The van der Waals surface area contributed by atoms with E-state index in [1.54, 1.807) is 60.7 Å². The molecule has 0 saturated carbocycles. The Bertz CT molecular complexity index is 799. The lowest BCUT2D eigenvalue weighted by molar-refractivity contribution is -0.231. The Morgan fingerprint density at radius 1 is 0.929 bits per heavy atom. The second-order valence-corrected chi connectivity index (χ2v) is 7.64. The third-order valence-corrected chi connectivity index (χ3v) is 5.58. The molecule has 1 fully saturated rings. The molecule has 2 N–H and O–H groups in total. The van der Waals surface area contributed by atoms with E-state index < -0.39 is 40.5 Å².